The van der Waals surface area contributed by atoms with E-state index in [4.69, 9.17) is 10.5 Å². The molecule has 0 aliphatic carbocycles. The molecule has 0 saturated carbocycles. The van der Waals surface area contributed by atoms with Gasteiger partial charge in [0.2, 0.25) is 0 Å². The molecule has 0 aromatic heterocycles. The van der Waals surface area contributed by atoms with Crippen molar-refractivity contribution in [2.24, 2.45) is 10.9 Å². The number of halogens is 1. The summed E-state index contributed by atoms with van der Waals surface area (Å²) < 4.78 is 19.6. The molecule has 0 saturated heterocycles. The molecule has 132 valence electrons. The number of nitrogens with one attached hydrogen (secondary N) is 1. The maximum Gasteiger partial charge on any atom is 0.413 e. The summed E-state index contributed by atoms with van der Waals surface area (Å²) in [6.07, 6.45) is -0.571. The topological polar surface area (TPSA) is 76.7 Å². The van der Waals surface area contributed by atoms with Crippen LogP contribution >= 0.6 is 11.8 Å². The Balaban J connectivity index is 2.31. The molecule has 24 heavy (non-hydrogen) atoms. The number of anilines is 1. The van der Waals surface area contributed by atoms with Gasteiger partial charge in [-0.1, -0.05) is 18.7 Å². The zero-order chi connectivity index (χ0) is 18.1. The summed E-state index contributed by atoms with van der Waals surface area (Å²) in [5.74, 6) is 0.410. The summed E-state index contributed by atoms with van der Waals surface area (Å²) in [5, 5.41) is 3.08. The first-order chi connectivity index (χ1) is 11.0. The van der Waals surface area contributed by atoms with Gasteiger partial charge in [-0.15, -0.1) is 0 Å². The maximum absolute atomic E-state index is 14.3. The highest BCUT2D eigenvalue weighted by Crippen LogP contribution is 2.41. The molecule has 7 heteroatoms. The second-order valence-electron chi connectivity index (χ2n) is 7.14. The lowest BCUT2D eigenvalue weighted by Crippen LogP contribution is -2.42. The van der Waals surface area contributed by atoms with Gasteiger partial charge in [-0.05, 0) is 51.8 Å². The number of alkyl carbamates (subject to hydrolysis) is 1. The average Bonchev–Trinajstić information content (AvgIpc) is 2.43. The number of ether oxygens (including phenoxy) is 1. The van der Waals surface area contributed by atoms with Gasteiger partial charge < -0.3 is 10.5 Å². The number of rotatable bonds is 1. The van der Waals surface area contributed by atoms with Crippen molar-refractivity contribution >= 4 is 28.7 Å². The van der Waals surface area contributed by atoms with Gasteiger partial charge in [-0.2, -0.15) is 0 Å². The molecule has 1 aromatic rings. The van der Waals surface area contributed by atoms with Gasteiger partial charge in [0.25, 0.3) is 0 Å². The van der Waals surface area contributed by atoms with Crippen LogP contribution in [0.5, 0.6) is 0 Å². The third-order valence-electron chi connectivity index (χ3n) is 3.91. The van der Waals surface area contributed by atoms with E-state index in [1.807, 2.05) is 13.8 Å². The fourth-order valence-electron chi connectivity index (χ4n) is 2.43. The monoisotopic (exact) mass is 353 g/mol. The number of hydrogen-bond acceptors (Lipinski definition) is 5. The lowest BCUT2D eigenvalue weighted by molar-refractivity contribution is 0.0564. The zero-order valence-electron chi connectivity index (χ0n) is 14.6. The lowest BCUT2D eigenvalue weighted by atomic mass is 9.81. The molecular formula is C17H24FN3O2S. The van der Waals surface area contributed by atoms with Crippen LogP contribution < -0.4 is 11.1 Å². The molecule has 3 N–H and O–H groups in total. The van der Waals surface area contributed by atoms with Gasteiger partial charge in [0.15, 0.2) is 5.17 Å². The van der Waals surface area contributed by atoms with E-state index in [0.717, 1.165) is 0 Å². The number of thioether (sulfide) groups is 1. The Bertz CT molecular complexity index is 672. The predicted molar refractivity (Wildman–Crippen MR) is 96.6 cm³/mol. The molecule has 1 heterocycles. The molecule has 0 fully saturated rings. The van der Waals surface area contributed by atoms with E-state index in [9.17, 15) is 9.18 Å². The zero-order valence-corrected chi connectivity index (χ0v) is 15.5. The lowest BCUT2D eigenvalue weighted by Gasteiger charge is -2.37. The van der Waals surface area contributed by atoms with Crippen LogP contribution in [-0.4, -0.2) is 22.6 Å². The Morgan fingerprint density at radius 2 is 2.17 bits per heavy atom. The fraction of sp³-hybridized carbons (Fsp3) is 0.529. The first-order valence-corrected chi connectivity index (χ1v) is 8.78. The van der Waals surface area contributed by atoms with E-state index in [0.29, 0.717) is 22.2 Å². The first-order valence-electron chi connectivity index (χ1n) is 7.79. The summed E-state index contributed by atoms with van der Waals surface area (Å²) in [7, 11) is 0. The van der Waals surface area contributed by atoms with Crippen LogP contribution in [0.3, 0.4) is 0 Å². The van der Waals surface area contributed by atoms with E-state index in [1.54, 1.807) is 26.8 Å². The number of amidine groups is 1. The van der Waals surface area contributed by atoms with Crippen LogP contribution in [0.15, 0.2) is 23.2 Å². The van der Waals surface area contributed by atoms with E-state index in [2.05, 4.69) is 10.3 Å². The van der Waals surface area contributed by atoms with Gasteiger partial charge in [-0.3, -0.25) is 10.3 Å². The van der Waals surface area contributed by atoms with Crippen molar-refractivity contribution in [3.05, 3.63) is 29.6 Å². The van der Waals surface area contributed by atoms with Crippen molar-refractivity contribution in [1.29, 1.82) is 0 Å². The summed E-state index contributed by atoms with van der Waals surface area (Å²) in [5.41, 5.74) is 5.32. The molecule has 0 bridgehead atoms. The van der Waals surface area contributed by atoms with Crippen molar-refractivity contribution < 1.29 is 13.9 Å². The van der Waals surface area contributed by atoms with Crippen LogP contribution in [0.2, 0.25) is 0 Å². The predicted octanol–water partition coefficient (Wildman–Crippen LogP) is 3.89. The third kappa shape index (κ3) is 4.20. The molecule has 0 spiro atoms. The summed E-state index contributed by atoms with van der Waals surface area (Å²) in [6.45, 7) is 9.22. The molecule has 2 rings (SSSR count). The smallest absolute Gasteiger partial charge is 0.413 e. The maximum atomic E-state index is 14.3. The molecule has 1 amide bonds. The molecule has 2 atom stereocenters. The number of benzene rings is 1. The number of carbonyl (C=O) groups excluding carboxylic acids is 1. The van der Waals surface area contributed by atoms with Gasteiger partial charge in [-0.25, -0.2) is 9.18 Å². The van der Waals surface area contributed by atoms with Crippen molar-refractivity contribution in [1.82, 2.24) is 5.32 Å². The number of nitrogen functional groups attached to an aromatic ring is 1. The number of amides is 1. The van der Waals surface area contributed by atoms with Crippen molar-refractivity contribution in [3.63, 3.8) is 0 Å². The normalized spacial score (nSPS) is 24.2. The molecule has 1 unspecified atom stereocenters. The first kappa shape index (κ1) is 18.6. The Morgan fingerprint density at radius 3 is 2.79 bits per heavy atom. The highest BCUT2D eigenvalue weighted by molar-refractivity contribution is 8.13. The molecule has 1 aromatic carbocycles. The standard InChI is InChI=1S/C17H24FN3O2S/c1-10-9-24-14(20-15(22)23-16(2,3)4)21-17(10,5)12-8-11(19)6-7-13(12)18/h6-8,10H,9,19H2,1-5H3,(H,20,21,22)/t10?,17-/m0/s1. The van der Waals surface area contributed by atoms with Gasteiger partial charge in [0.05, 0.1) is 5.54 Å². The highest BCUT2D eigenvalue weighted by atomic mass is 32.2. The number of carbonyl (C=O) groups is 1. The number of aliphatic imine (C=N–C) groups is 1. The number of hydrogen-bond donors (Lipinski definition) is 2. The molecule has 1 aliphatic heterocycles. The van der Waals surface area contributed by atoms with Crippen LogP contribution in [0.1, 0.15) is 40.2 Å². The van der Waals surface area contributed by atoms with E-state index < -0.39 is 17.2 Å². The Labute approximate surface area is 146 Å². The summed E-state index contributed by atoms with van der Waals surface area (Å²) in [6, 6.07) is 4.48. The Morgan fingerprint density at radius 1 is 1.50 bits per heavy atom. The van der Waals surface area contributed by atoms with E-state index in [-0.39, 0.29) is 11.7 Å². The highest BCUT2D eigenvalue weighted by Gasteiger charge is 2.39. The van der Waals surface area contributed by atoms with Gasteiger partial charge in [0, 0.05) is 17.0 Å². The fourth-order valence-corrected chi connectivity index (χ4v) is 3.57. The largest absolute Gasteiger partial charge is 0.444 e. The summed E-state index contributed by atoms with van der Waals surface area (Å²) in [4.78, 5) is 16.6. The quantitative estimate of drug-likeness (QED) is 0.751. The van der Waals surface area contributed by atoms with Crippen LogP contribution in [-0.2, 0) is 10.3 Å². The number of nitrogens with zero attached hydrogens (tertiary/aromatic N) is 1. The molecule has 0 radical (unpaired) electrons. The molecular weight excluding hydrogens is 329 g/mol. The summed E-state index contributed by atoms with van der Waals surface area (Å²) >= 11 is 1.42. The van der Waals surface area contributed by atoms with E-state index in [1.165, 1.54) is 23.9 Å². The minimum Gasteiger partial charge on any atom is -0.444 e. The van der Waals surface area contributed by atoms with Crippen molar-refractivity contribution in [3.8, 4) is 0 Å². The number of nitrogens with two attached hydrogens (primary N) is 1. The van der Waals surface area contributed by atoms with Crippen LogP contribution in [0.4, 0.5) is 14.9 Å². The van der Waals surface area contributed by atoms with Crippen molar-refractivity contribution in [2.45, 2.75) is 45.8 Å². The van der Waals surface area contributed by atoms with Gasteiger partial charge in [0.1, 0.15) is 11.4 Å². The second kappa shape index (κ2) is 6.63. The molecule has 1 aliphatic rings. The minimum absolute atomic E-state index is 0.0722. The third-order valence-corrected chi connectivity index (χ3v) is 5.04. The SMILES string of the molecule is CC1CSC(NC(=O)OC(C)(C)C)=N[C@]1(C)c1cc(N)ccc1F. The minimum atomic E-state index is -0.810. The van der Waals surface area contributed by atoms with Crippen LogP contribution in [0, 0.1) is 11.7 Å². The van der Waals surface area contributed by atoms with Crippen molar-refractivity contribution in [2.75, 3.05) is 11.5 Å². The molecule has 5 nitrogen and oxygen atoms in total. The average molecular weight is 353 g/mol. The van der Waals surface area contributed by atoms with Crippen LogP contribution in [0.25, 0.3) is 0 Å². The second-order valence-corrected chi connectivity index (χ2v) is 8.15. The van der Waals surface area contributed by atoms with E-state index >= 15 is 0 Å². The Hall–Kier alpha value is -1.76. The van der Waals surface area contributed by atoms with Gasteiger partial charge >= 0.3 is 6.09 Å². The Kier molecular flexibility index (Phi) is 5.13.